The molecule has 1 saturated heterocycles. The second-order valence-corrected chi connectivity index (χ2v) is 8.89. The summed E-state index contributed by atoms with van der Waals surface area (Å²) in [6.45, 7) is 1.35. The molecule has 33 heavy (non-hydrogen) atoms. The normalized spacial score (nSPS) is 18.2. The van der Waals surface area contributed by atoms with Crippen LogP contribution in [0, 0.1) is 11.6 Å². The fourth-order valence-electron chi connectivity index (χ4n) is 4.81. The van der Waals surface area contributed by atoms with Gasteiger partial charge in [-0.3, -0.25) is 9.78 Å². The number of amides is 1. The van der Waals surface area contributed by atoms with E-state index in [9.17, 15) is 13.6 Å². The van der Waals surface area contributed by atoms with Crippen molar-refractivity contribution in [3.05, 3.63) is 83.7 Å². The summed E-state index contributed by atoms with van der Waals surface area (Å²) in [5, 5.41) is 0. The number of carbonyl (C=O) groups is 1. The number of likely N-dealkylation sites (tertiary alicyclic amines) is 1. The molecule has 0 N–H and O–H groups in total. The van der Waals surface area contributed by atoms with Crippen molar-refractivity contribution in [1.29, 1.82) is 0 Å². The van der Waals surface area contributed by atoms with Crippen molar-refractivity contribution in [3.63, 3.8) is 0 Å². The van der Waals surface area contributed by atoms with E-state index in [0.29, 0.717) is 30.0 Å². The number of hydrogen-bond donors (Lipinski definition) is 0. The van der Waals surface area contributed by atoms with Gasteiger partial charge in [0.05, 0.1) is 16.6 Å². The maximum absolute atomic E-state index is 14.6. The summed E-state index contributed by atoms with van der Waals surface area (Å²) in [6, 6.07) is 13.3. The highest BCUT2D eigenvalue weighted by molar-refractivity contribution is 5.98. The van der Waals surface area contributed by atoms with Crippen LogP contribution in [0.4, 0.5) is 8.78 Å². The Balaban J connectivity index is 1.33. The van der Waals surface area contributed by atoms with E-state index in [1.54, 1.807) is 12.3 Å². The van der Waals surface area contributed by atoms with Gasteiger partial charge >= 0.3 is 0 Å². The van der Waals surface area contributed by atoms with E-state index >= 15 is 0 Å². The zero-order valence-corrected chi connectivity index (χ0v) is 17.9. The minimum Gasteiger partial charge on any atom is -0.338 e. The number of nitrogens with zero attached hydrogens (tertiary/aromatic N) is 4. The first-order valence-electron chi connectivity index (χ1n) is 11.2. The maximum Gasteiger partial charge on any atom is 0.253 e. The van der Waals surface area contributed by atoms with Crippen LogP contribution < -0.4 is 0 Å². The lowest BCUT2D eigenvalue weighted by molar-refractivity contribution is 0.0791. The number of benzene rings is 2. The summed E-state index contributed by atoms with van der Waals surface area (Å²) in [6.07, 6.45) is 6.51. The molecule has 2 aromatic heterocycles. The molecule has 2 fully saturated rings. The van der Waals surface area contributed by atoms with Gasteiger partial charge in [-0.05, 0) is 61.2 Å². The predicted octanol–water partition coefficient (Wildman–Crippen LogP) is 5.34. The second-order valence-electron chi connectivity index (χ2n) is 8.89. The first-order chi connectivity index (χ1) is 16.1. The van der Waals surface area contributed by atoms with E-state index < -0.39 is 11.6 Å². The van der Waals surface area contributed by atoms with Crippen molar-refractivity contribution in [2.75, 3.05) is 13.1 Å². The summed E-state index contributed by atoms with van der Waals surface area (Å²) in [5.41, 5.74) is 3.50. The van der Waals surface area contributed by atoms with Gasteiger partial charge in [0.2, 0.25) is 0 Å². The van der Waals surface area contributed by atoms with E-state index in [4.69, 9.17) is 0 Å². The van der Waals surface area contributed by atoms with Gasteiger partial charge in [0.1, 0.15) is 17.5 Å². The molecule has 166 valence electrons. The molecule has 1 saturated carbocycles. The first-order valence-corrected chi connectivity index (χ1v) is 11.2. The summed E-state index contributed by atoms with van der Waals surface area (Å²) in [4.78, 5) is 24.0. The highest BCUT2D eigenvalue weighted by atomic mass is 19.1. The van der Waals surface area contributed by atoms with Gasteiger partial charge in [0.25, 0.3) is 5.91 Å². The topological polar surface area (TPSA) is 51.0 Å². The predicted molar refractivity (Wildman–Crippen MR) is 121 cm³/mol. The van der Waals surface area contributed by atoms with Crippen LogP contribution >= 0.6 is 0 Å². The molecule has 7 heteroatoms. The van der Waals surface area contributed by atoms with E-state index in [0.717, 1.165) is 36.4 Å². The lowest BCUT2D eigenvalue weighted by atomic mass is 10.0. The Labute approximate surface area is 189 Å². The summed E-state index contributed by atoms with van der Waals surface area (Å²) < 4.78 is 30.0. The summed E-state index contributed by atoms with van der Waals surface area (Å²) >= 11 is 0. The van der Waals surface area contributed by atoms with Gasteiger partial charge in [-0.2, -0.15) is 0 Å². The number of rotatable bonds is 4. The van der Waals surface area contributed by atoms with E-state index in [-0.39, 0.29) is 23.4 Å². The van der Waals surface area contributed by atoms with Gasteiger partial charge in [-0.15, -0.1) is 0 Å². The lowest BCUT2D eigenvalue weighted by Gasteiger charge is -2.17. The molecule has 1 aliphatic heterocycles. The lowest BCUT2D eigenvalue weighted by Crippen LogP contribution is -2.28. The van der Waals surface area contributed by atoms with Crippen LogP contribution in [-0.4, -0.2) is 38.4 Å². The number of imidazole rings is 1. The molecule has 0 bridgehead atoms. The quantitative estimate of drug-likeness (QED) is 0.427. The molecule has 0 radical (unpaired) electrons. The van der Waals surface area contributed by atoms with Crippen LogP contribution in [0.1, 0.15) is 47.1 Å². The van der Waals surface area contributed by atoms with Crippen molar-refractivity contribution in [3.8, 4) is 11.4 Å². The van der Waals surface area contributed by atoms with Crippen LogP contribution in [0.15, 0.2) is 60.9 Å². The van der Waals surface area contributed by atoms with Gasteiger partial charge in [-0.25, -0.2) is 13.8 Å². The van der Waals surface area contributed by atoms with Gasteiger partial charge in [0.15, 0.2) is 0 Å². The monoisotopic (exact) mass is 444 g/mol. The molecule has 5 nitrogen and oxygen atoms in total. The molecule has 6 rings (SSSR count). The number of pyridine rings is 1. The van der Waals surface area contributed by atoms with E-state index in [1.165, 1.54) is 12.1 Å². The molecule has 1 aliphatic carbocycles. The molecule has 0 spiro atoms. The molecule has 1 amide bonds. The molecule has 1 atom stereocenters. The minimum atomic E-state index is -0.637. The SMILES string of the molecule is O=C(c1ccc2c(c1)nc(-c1ccc(F)cc1F)n2C1CC1)N1CCC(c2cccnc2)C1. The molecular weight excluding hydrogens is 422 g/mol. The molecular formula is C26H22F2N4O. The Morgan fingerprint density at radius 1 is 1.03 bits per heavy atom. The van der Waals surface area contributed by atoms with Crippen LogP contribution in [0.5, 0.6) is 0 Å². The number of aromatic nitrogens is 3. The number of fused-ring (bicyclic) bond motifs is 1. The van der Waals surface area contributed by atoms with Gasteiger partial charge in [0, 0.05) is 49.1 Å². The zero-order valence-electron chi connectivity index (χ0n) is 17.9. The highest BCUT2D eigenvalue weighted by Gasteiger charge is 2.31. The smallest absolute Gasteiger partial charge is 0.253 e. The van der Waals surface area contributed by atoms with E-state index in [1.807, 2.05) is 33.9 Å². The van der Waals surface area contributed by atoms with Crippen LogP contribution in [0.3, 0.4) is 0 Å². The maximum atomic E-state index is 14.6. The fourth-order valence-corrected chi connectivity index (χ4v) is 4.81. The third-order valence-corrected chi connectivity index (χ3v) is 6.65. The van der Waals surface area contributed by atoms with E-state index in [2.05, 4.69) is 16.0 Å². The average molecular weight is 444 g/mol. The molecule has 2 aromatic carbocycles. The van der Waals surface area contributed by atoms with Crippen molar-refractivity contribution in [2.24, 2.45) is 0 Å². The third kappa shape index (κ3) is 3.57. The zero-order chi connectivity index (χ0) is 22.5. The van der Waals surface area contributed by atoms with Gasteiger partial charge in [-0.1, -0.05) is 6.07 Å². The van der Waals surface area contributed by atoms with Crippen molar-refractivity contribution in [2.45, 2.75) is 31.2 Å². The molecule has 4 aromatic rings. The minimum absolute atomic E-state index is 0.0289. The standard InChI is InChI=1S/C26H22F2N4O/c27-19-4-7-21(22(28)13-19)25-30-23-12-16(3-8-24(23)32(25)20-5-6-20)26(33)31-11-9-18(15-31)17-2-1-10-29-14-17/h1-4,7-8,10,12-14,18,20H,5-6,9,11,15H2. The van der Waals surface area contributed by atoms with Crippen LogP contribution in [-0.2, 0) is 0 Å². The summed E-state index contributed by atoms with van der Waals surface area (Å²) in [7, 11) is 0. The number of hydrogen-bond acceptors (Lipinski definition) is 3. The van der Waals surface area contributed by atoms with Crippen molar-refractivity contribution in [1.82, 2.24) is 19.4 Å². The largest absolute Gasteiger partial charge is 0.338 e. The average Bonchev–Trinajstić information content (AvgIpc) is 3.41. The third-order valence-electron chi connectivity index (χ3n) is 6.65. The molecule has 1 unspecified atom stereocenters. The highest BCUT2D eigenvalue weighted by Crippen LogP contribution is 2.42. The van der Waals surface area contributed by atoms with Crippen LogP contribution in [0.2, 0.25) is 0 Å². The summed E-state index contributed by atoms with van der Waals surface area (Å²) in [5.74, 6) is -0.518. The Morgan fingerprint density at radius 2 is 1.91 bits per heavy atom. The molecule has 2 aliphatic rings. The van der Waals surface area contributed by atoms with Crippen molar-refractivity contribution >= 4 is 16.9 Å². The van der Waals surface area contributed by atoms with Crippen molar-refractivity contribution < 1.29 is 13.6 Å². The second kappa shape index (κ2) is 7.76. The fraction of sp³-hybridized carbons (Fsp3) is 0.269. The Morgan fingerprint density at radius 3 is 2.67 bits per heavy atom. The Bertz CT molecular complexity index is 1360. The van der Waals surface area contributed by atoms with Gasteiger partial charge < -0.3 is 9.47 Å². The van der Waals surface area contributed by atoms with Crippen LogP contribution in [0.25, 0.3) is 22.4 Å². The first kappa shape index (κ1) is 20.0. The number of carbonyl (C=O) groups excluding carboxylic acids is 1. The molecule has 3 heterocycles. The Kier molecular flexibility index (Phi) is 4.71. The number of halogens is 2. The Hall–Kier alpha value is -3.61.